The first kappa shape index (κ1) is 10.7. The highest BCUT2D eigenvalue weighted by Crippen LogP contribution is 2.26. The van der Waals surface area contributed by atoms with E-state index in [9.17, 15) is 4.39 Å². The number of rotatable bonds is 1. The number of aryl methyl sites for hydroxylation is 1. The second kappa shape index (κ2) is 3.78. The molecule has 0 amide bonds. The monoisotopic (exact) mass is 235 g/mol. The van der Waals surface area contributed by atoms with Crippen LogP contribution < -0.4 is 5.73 Å². The van der Waals surface area contributed by atoms with Crippen LogP contribution in [0.2, 0.25) is 0 Å². The second-order valence-corrected chi connectivity index (χ2v) is 4.47. The summed E-state index contributed by atoms with van der Waals surface area (Å²) in [6.07, 6.45) is 0. The molecule has 1 aromatic carbocycles. The zero-order chi connectivity index (χ0) is 12.0. The summed E-state index contributed by atoms with van der Waals surface area (Å²) in [6, 6.07) is 4.59. The molecule has 1 aliphatic heterocycles. The van der Waals surface area contributed by atoms with Crippen molar-refractivity contribution in [3.05, 3.63) is 29.8 Å². The maximum atomic E-state index is 13.1. The highest BCUT2D eigenvalue weighted by Gasteiger charge is 2.30. The summed E-state index contributed by atoms with van der Waals surface area (Å²) in [7, 11) is 1.92. The number of ether oxygens (including phenoxy) is 1. The summed E-state index contributed by atoms with van der Waals surface area (Å²) >= 11 is 0. The Labute approximate surface area is 98.2 Å². The minimum absolute atomic E-state index is 0.0321. The van der Waals surface area contributed by atoms with Crippen LogP contribution in [0, 0.1) is 5.82 Å². The Balaban J connectivity index is 2.14. The minimum atomic E-state index is -0.269. The molecule has 17 heavy (non-hydrogen) atoms. The van der Waals surface area contributed by atoms with E-state index in [-0.39, 0.29) is 17.8 Å². The average molecular weight is 235 g/mol. The van der Waals surface area contributed by atoms with Crippen molar-refractivity contribution in [1.29, 1.82) is 0 Å². The van der Waals surface area contributed by atoms with Crippen LogP contribution in [0.3, 0.4) is 0 Å². The van der Waals surface area contributed by atoms with Gasteiger partial charge in [-0.2, -0.15) is 0 Å². The fraction of sp³-hybridized carbons (Fsp3) is 0.417. The molecule has 0 aliphatic carbocycles. The van der Waals surface area contributed by atoms with Crippen LogP contribution in [0.5, 0.6) is 0 Å². The number of nitrogens with two attached hydrogens (primary N) is 1. The van der Waals surface area contributed by atoms with Crippen LogP contribution in [0.15, 0.2) is 18.2 Å². The predicted molar refractivity (Wildman–Crippen MR) is 62.2 cm³/mol. The second-order valence-electron chi connectivity index (χ2n) is 4.47. The van der Waals surface area contributed by atoms with Crippen LogP contribution in [-0.4, -0.2) is 28.8 Å². The number of hydrogen-bond acceptors (Lipinski definition) is 3. The molecule has 2 unspecified atom stereocenters. The molecule has 1 aliphatic rings. The number of imidazole rings is 1. The molecular weight excluding hydrogens is 221 g/mol. The van der Waals surface area contributed by atoms with Crippen LogP contribution in [0.25, 0.3) is 11.0 Å². The van der Waals surface area contributed by atoms with Crippen molar-refractivity contribution in [2.45, 2.75) is 12.0 Å². The Bertz CT molecular complexity index is 566. The molecule has 4 nitrogen and oxygen atoms in total. The van der Waals surface area contributed by atoms with E-state index in [0.717, 1.165) is 11.3 Å². The maximum absolute atomic E-state index is 13.1. The Morgan fingerprint density at radius 1 is 1.47 bits per heavy atom. The van der Waals surface area contributed by atoms with E-state index in [0.29, 0.717) is 18.7 Å². The molecular formula is C12H14FN3O. The van der Waals surface area contributed by atoms with Gasteiger partial charge in [0, 0.05) is 19.2 Å². The van der Waals surface area contributed by atoms with Gasteiger partial charge in [-0.1, -0.05) is 0 Å². The van der Waals surface area contributed by atoms with Gasteiger partial charge in [0.2, 0.25) is 0 Å². The van der Waals surface area contributed by atoms with Gasteiger partial charge in [-0.3, -0.25) is 0 Å². The average Bonchev–Trinajstić information content (AvgIpc) is 2.83. The van der Waals surface area contributed by atoms with Crippen molar-refractivity contribution in [2.75, 3.05) is 13.2 Å². The lowest BCUT2D eigenvalue weighted by molar-refractivity contribution is 0.190. The van der Waals surface area contributed by atoms with Crippen LogP contribution in [0.4, 0.5) is 4.39 Å². The van der Waals surface area contributed by atoms with Gasteiger partial charge < -0.3 is 15.0 Å². The molecule has 1 saturated heterocycles. The smallest absolute Gasteiger partial charge is 0.125 e. The van der Waals surface area contributed by atoms with E-state index in [1.807, 2.05) is 11.6 Å². The van der Waals surface area contributed by atoms with Gasteiger partial charge in [-0.25, -0.2) is 9.37 Å². The largest absolute Gasteiger partial charge is 0.379 e. The summed E-state index contributed by atoms with van der Waals surface area (Å²) in [5.41, 5.74) is 7.56. The van der Waals surface area contributed by atoms with E-state index in [1.54, 1.807) is 6.07 Å². The van der Waals surface area contributed by atoms with Gasteiger partial charge in [-0.05, 0) is 12.1 Å². The molecule has 1 fully saturated rings. The lowest BCUT2D eigenvalue weighted by atomic mass is 10.0. The Kier molecular flexibility index (Phi) is 2.38. The normalized spacial score (nSPS) is 24.6. The summed E-state index contributed by atoms with van der Waals surface area (Å²) in [5, 5.41) is 0. The molecule has 2 atom stereocenters. The maximum Gasteiger partial charge on any atom is 0.125 e. The third-order valence-corrected chi connectivity index (χ3v) is 3.33. The molecule has 0 radical (unpaired) electrons. The van der Waals surface area contributed by atoms with E-state index < -0.39 is 0 Å². The third-order valence-electron chi connectivity index (χ3n) is 3.33. The molecule has 2 heterocycles. The summed E-state index contributed by atoms with van der Waals surface area (Å²) in [4.78, 5) is 4.47. The highest BCUT2D eigenvalue weighted by atomic mass is 19.1. The van der Waals surface area contributed by atoms with Gasteiger partial charge in [-0.15, -0.1) is 0 Å². The van der Waals surface area contributed by atoms with E-state index >= 15 is 0 Å². The quantitative estimate of drug-likeness (QED) is 0.806. The molecule has 3 rings (SSSR count). The van der Waals surface area contributed by atoms with Crippen LogP contribution >= 0.6 is 0 Å². The number of fused-ring (bicyclic) bond motifs is 1. The van der Waals surface area contributed by atoms with Crippen LogP contribution in [0.1, 0.15) is 11.7 Å². The van der Waals surface area contributed by atoms with Crippen molar-refractivity contribution in [1.82, 2.24) is 9.55 Å². The summed E-state index contributed by atoms with van der Waals surface area (Å²) < 4.78 is 20.4. The third kappa shape index (κ3) is 1.62. The van der Waals surface area contributed by atoms with Gasteiger partial charge in [0.05, 0.1) is 30.2 Å². The number of nitrogens with zero attached hydrogens (tertiary/aromatic N) is 2. The Hall–Kier alpha value is -1.46. The topological polar surface area (TPSA) is 53.1 Å². The first-order chi connectivity index (χ1) is 8.16. The van der Waals surface area contributed by atoms with E-state index in [1.165, 1.54) is 12.1 Å². The lowest BCUT2D eigenvalue weighted by Gasteiger charge is -2.12. The molecule has 5 heteroatoms. The Morgan fingerprint density at radius 2 is 2.29 bits per heavy atom. The van der Waals surface area contributed by atoms with Crippen molar-refractivity contribution in [3.8, 4) is 0 Å². The van der Waals surface area contributed by atoms with Crippen molar-refractivity contribution >= 4 is 11.0 Å². The van der Waals surface area contributed by atoms with Gasteiger partial charge in [0.25, 0.3) is 0 Å². The number of hydrogen-bond donors (Lipinski definition) is 1. The van der Waals surface area contributed by atoms with Crippen molar-refractivity contribution < 1.29 is 9.13 Å². The van der Waals surface area contributed by atoms with E-state index in [2.05, 4.69) is 4.98 Å². The fourth-order valence-electron chi connectivity index (χ4n) is 2.36. The standard InChI is InChI=1S/C12H14FN3O/c1-16-11-3-2-7(13)4-10(11)15-12(16)8-5-17-6-9(8)14/h2-4,8-9H,5-6,14H2,1H3. The molecule has 2 N–H and O–H groups in total. The summed E-state index contributed by atoms with van der Waals surface area (Å²) in [6.45, 7) is 1.14. The first-order valence-corrected chi connectivity index (χ1v) is 5.62. The summed E-state index contributed by atoms with van der Waals surface area (Å²) in [5.74, 6) is 0.695. The minimum Gasteiger partial charge on any atom is -0.379 e. The molecule has 0 spiro atoms. The number of benzene rings is 1. The van der Waals surface area contributed by atoms with Crippen LogP contribution in [-0.2, 0) is 11.8 Å². The molecule has 1 aromatic heterocycles. The first-order valence-electron chi connectivity index (χ1n) is 5.62. The fourth-order valence-corrected chi connectivity index (χ4v) is 2.36. The zero-order valence-electron chi connectivity index (χ0n) is 9.56. The molecule has 0 bridgehead atoms. The van der Waals surface area contributed by atoms with Crippen molar-refractivity contribution in [2.24, 2.45) is 12.8 Å². The molecule has 0 saturated carbocycles. The van der Waals surface area contributed by atoms with Gasteiger partial charge in [0.1, 0.15) is 11.6 Å². The molecule has 2 aromatic rings. The number of halogens is 1. The van der Waals surface area contributed by atoms with E-state index in [4.69, 9.17) is 10.5 Å². The lowest BCUT2D eigenvalue weighted by Crippen LogP contribution is -2.28. The highest BCUT2D eigenvalue weighted by molar-refractivity contribution is 5.76. The number of aromatic nitrogens is 2. The molecule has 90 valence electrons. The SMILES string of the molecule is Cn1c(C2COCC2N)nc2cc(F)ccc21. The predicted octanol–water partition coefficient (Wildman–Crippen LogP) is 1.15. The Morgan fingerprint density at radius 3 is 3.00 bits per heavy atom. The van der Waals surface area contributed by atoms with Crippen molar-refractivity contribution in [3.63, 3.8) is 0 Å². The zero-order valence-corrected chi connectivity index (χ0v) is 9.56. The van der Waals surface area contributed by atoms with Gasteiger partial charge >= 0.3 is 0 Å². The van der Waals surface area contributed by atoms with Gasteiger partial charge in [0.15, 0.2) is 0 Å².